The zero-order valence-electron chi connectivity index (χ0n) is 10.2. The molecule has 0 aliphatic rings. The number of aliphatic hydroxyl groups excluding tert-OH is 1. The van der Waals surface area contributed by atoms with Crippen LogP contribution in [0.5, 0.6) is 0 Å². The van der Waals surface area contributed by atoms with Crippen molar-refractivity contribution in [1.82, 2.24) is 4.90 Å². The van der Waals surface area contributed by atoms with Gasteiger partial charge in [0.1, 0.15) is 0 Å². The molecule has 0 aliphatic heterocycles. The lowest BCUT2D eigenvalue weighted by Crippen LogP contribution is -2.46. The number of nitrogens with zero attached hydrogens (tertiary/aromatic N) is 2. The summed E-state index contributed by atoms with van der Waals surface area (Å²) in [5.41, 5.74) is 0.717. The summed E-state index contributed by atoms with van der Waals surface area (Å²) in [5, 5.41) is 9.83. The second kappa shape index (κ2) is 5.89. The van der Waals surface area contributed by atoms with Crippen molar-refractivity contribution < 1.29 is 9.90 Å². The summed E-state index contributed by atoms with van der Waals surface area (Å²) in [6.07, 6.45) is 0. The van der Waals surface area contributed by atoms with Crippen LogP contribution in [0.1, 0.15) is 6.92 Å². The lowest BCUT2D eigenvalue weighted by Gasteiger charge is -2.30. The van der Waals surface area contributed by atoms with E-state index in [9.17, 15) is 9.90 Å². The molecule has 0 heterocycles. The topological polar surface area (TPSA) is 43.8 Å². The maximum atomic E-state index is 12.0. The number of aliphatic hydroxyl groups is 1. The first-order valence-electron chi connectivity index (χ1n) is 5.34. The van der Waals surface area contributed by atoms with Crippen molar-refractivity contribution in [2.24, 2.45) is 0 Å². The first-order valence-corrected chi connectivity index (χ1v) is 5.72. The van der Waals surface area contributed by atoms with E-state index in [1.807, 2.05) is 0 Å². The second-order valence-electron chi connectivity index (χ2n) is 4.06. The van der Waals surface area contributed by atoms with Gasteiger partial charge in [-0.3, -0.25) is 4.90 Å². The van der Waals surface area contributed by atoms with E-state index >= 15 is 0 Å². The summed E-state index contributed by atoms with van der Waals surface area (Å²) in [5.74, 6) is 0. The van der Waals surface area contributed by atoms with E-state index in [1.54, 1.807) is 45.3 Å². The van der Waals surface area contributed by atoms with Gasteiger partial charge in [-0.1, -0.05) is 11.6 Å². The minimum absolute atomic E-state index is 0.0950. The van der Waals surface area contributed by atoms with E-state index in [4.69, 9.17) is 11.6 Å². The Hall–Kier alpha value is -1.26. The fourth-order valence-electron chi connectivity index (χ4n) is 1.45. The third-order valence-electron chi connectivity index (χ3n) is 2.40. The molecule has 0 aromatic heterocycles. The number of urea groups is 1. The summed E-state index contributed by atoms with van der Waals surface area (Å²) < 4.78 is 0. The van der Waals surface area contributed by atoms with Crippen LogP contribution in [0, 0.1) is 0 Å². The third-order valence-corrected chi connectivity index (χ3v) is 2.65. The fourth-order valence-corrected chi connectivity index (χ4v) is 1.58. The zero-order valence-corrected chi connectivity index (χ0v) is 11.0. The molecule has 1 atom stereocenters. The van der Waals surface area contributed by atoms with Crippen molar-refractivity contribution in [3.63, 3.8) is 0 Å². The van der Waals surface area contributed by atoms with E-state index in [1.165, 1.54) is 9.80 Å². The van der Waals surface area contributed by atoms with E-state index in [-0.39, 0.29) is 18.7 Å². The Balaban J connectivity index is 3.06. The molecule has 94 valence electrons. The van der Waals surface area contributed by atoms with Gasteiger partial charge < -0.3 is 10.0 Å². The van der Waals surface area contributed by atoms with Crippen molar-refractivity contribution in [3.8, 4) is 0 Å². The number of anilines is 1. The SMILES string of the molecule is CC(CO)N(C(=O)N(C)C)c1ccc(Cl)cc1. The highest BCUT2D eigenvalue weighted by atomic mass is 35.5. The van der Waals surface area contributed by atoms with Gasteiger partial charge in [-0.05, 0) is 31.2 Å². The minimum atomic E-state index is -0.286. The first-order chi connectivity index (χ1) is 7.97. The van der Waals surface area contributed by atoms with Gasteiger partial charge in [0.15, 0.2) is 0 Å². The summed E-state index contributed by atoms with van der Waals surface area (Å²) in [4.78, 5) is 15.0. The molecule has 5 heteroatoms. The minimum Gasteiger partial charge on any atom is -0.394 e. The van der Waals surface area contributed by atoms with Gasteiger partial charge in [0.2, 0.25) is 0 Å². The molecule has 0 saturated heterocycles. The Labute approximate surface area is 106 Å². The summed E-state index contributed by atoms with van der Waals surface area (Å²) >= 11 is 5.81. The van der Waals surface area contributed by atoms with Crippen LogP contribution >= 0.6 is 11.6 Å². The molecule has 1 unspecified atom stereocenters. The Morgan fingerprint density at radius 2 is 1.88 bits per heavy atom. The number of amides is 2. The highest BCUT2D eigenvalue weighted by molar-refractivity contribution is 6.30. The number of carbonyl (C=O) groups is 1. The van der Waals surface area contributed by atoms with Crippen molar-refractivity contribution in [2.75, 3.05) is 25.6 Å². The van der Waals surface area contributed by atoms with Crippen LogP contribution in [0.15, 0.2) is 24.3 Å². The van der Waals surface area contributed by atoms with Crippen LogP contribution in [0.2, 0.25) is 5.02 Å². The van der Waals surface area contributed by atoms with Crippen LogP contribution in [0.4, 0.5) is 10.5 Å². The molecule has 0 saturated carbocycles. The predicted molar refractivity (Wildman–Crippen MR) is 69.6 cm³/mol. The summed E-state index contributed by atoms with van der Waals surface area (Å²) in [6, 6.07) is 6.50. The van der Waals surface area contributed by atoms with E-state index in [0.29, 0.717) is 5.02 Å². The highest BCUT2D eigenvalue weighted by Crippen LogP contribution is 2.21. The zero-order chi connectivity index (χ0) is 13.0. The molecule has 1 aromatic rings. The van der Waals surface area contributed by atoms with Gasteiger partial charge in [0.25, 0.3) is 0 Å². The van der Waals surface area contributed by atoms with Gasteiger partial charge in [-0.15, -0.1) is 0 Å². The van der Waals surface area contributed by atoms with E-state index in [0.717, 1.165) is 5.69 Å². The lowest BCUT2D eigenvalue weighted by atomic mass is 10.2. The van der Waals surface area contributed by atoms with Crippen molar-refractivity contribution in [3.05, 3.63) is 29.3 Å². The molecular formula is C12H17ClN2O2. The molecule has 1 rings (SSSR count). The molecule has 0 fully saturated rings. The van der Waals surface area contributed by atoms with Gasteiger partial charge in [0, 0.05) is 24.8 Å². The molecule has 0 bridgehead atoms. The molecule has 0 spiro atoms. The Morgan fingerprint density at radius 1 is 1.35 bits per heavy atom. The molecule has 0 radical (unpaired) electrons. The highest BCUT2D eigenvalue weighted by Gasteiger charge is 2.22. The Morgan fingerprint density at radius 3 is 2.29 bits per heavy atom. The smallest absolute Gasteiger partial charge is 0.324 e. The van der Waals surface area contributed by atoms with Crippen molar-refractivity contribution in [1.29, 1.82) is 0 Å². The van der Waals surface area contributed by atoms with Gasteiger partial charge >= 0.3 is 6.03 Å². The normalized spacial score (nSPS) is 12.1. The van der Waals surface area contributed by atoms with Crippen LogP contribution in [0.3, 0.4) is 0 Å². The summed E-state index contributed by atoms with van der Waals surface area (Å²) in [6.45, 7) is 1.69. The maximum absolute atomic E-state index is 12.0. The first kappa shape index (κ1) is 13.8. The maximum Gasteiger partial charge on any atom is 0.324 e. The number of rotatable bonds is 3. The van der Waals surface area contributed by atoms with Gasteiger partial charge in [-0.2, -0.15) is 0 Å². The monoisotopic (exact) mass is 256 g/mol. The molecule has 1 aromatic carbocycles. The molecule has 2 amide bonds. The Kier molecular flexibility index (Phi) is 4.78. The van der Waals surface area contributed by atoms with Crippen LogP contribution in [-0.4, -0.2) is 42.8 Å². The number of halogens is 1. The van der Waals surface area contributed by atoms with E-state index < -0.39 is 0 Å². The number of hydrogen-bond donors (Lipinski definition) is 1. The quantitative estimate of drug-likeness (QED) is 0.901. The van der Waals surface area contributed by atoms with Gasteiger partial charge in [-0.25, -0.2) is 4.79 Å². The van der Waals surface area contributed by atoms with E-state index in [2.05, 4.69) is 0 Å². The molecule has 4 nitrogen and oxygen atoms in total. The van der Waals surface area contributed by atoms with Crippen LogP contribution in [0.25, 0.3) is 0 Å². The average molecular weight is 257 g/mol. The van der Waals surface area contributed by atoms with Crippen LogP contribution < -0.4 is 4.90 Å². The van der Waals surface area contributed by atoms with Gasteiger partial charge in [0.05, 0.1) is 12.6 Å². The number of hydrogen-bond acceptors (Lipinski definition) is 2. The molecular weight excluding hydrogens is 240 g/mol. The predicted octanol–water partition coefficient (Wildman–Crippen LogP) is 2.21. The third kappa shape index (κ3) is 3.35. The average Bonchev–Trinajstić information content (AvgIpc) is 2.31. The number of carbonyl (C=O) groups excluding carboxylic acids is 1. The molecule has 0 aliphatic carbocycles. The Bertz CT molecular complexity index is 379. The van der Waals surface area contributed by atoms with Crippen molar-refractivity contribution in [2.45, 2.75) is 13.0 Å². The molecule has 17 heavy (non-hydrogen) atoms. The fraction of sp³-hybridized carbons (Fsp3) is 0.417. The standard InChI is InChI=1S/C12H17ClN2O2/c1-9(8-16)15(12(17)14(2)3)11-6-4-10(13)5-7-11/h4-7,9,16H,8H2,1-3H3. The molecule has 1 N–H and O–H groups in total. The summed E-state index contributed by atoms with van der Waals surface area (Å²) in [7, 11) is 3.35. The number of benzene rings is 1. The largest absolute Gasteiger partial charge is 0.394 e. The van der Waals surface area contributed by atoms with Crippen LogP contribution in [-0.2, 0) is 0 Å². The second-order valence-corrected chi connectivity index (χ2v) is 4.49. The van der Waals surface area contributed by atoms with Crippen molar-refractivity contribution >= 4 is 23.3 Å². The lowest BCUT2D eigenvalue weighted by molar-refractivity contribution is 0.212.